The maximum Gasteiger partial charge on any atom is -0.00564 e. The van der Waals surface area contributed by atoms with Gasteiger partial charge in [-0.25, -0.2) is 0 Å². The van der Waals surface area contributed by atoms with Gasteiger partial charge in [0.2, 0.25) is 0 Å². The quantitative estimate of drug-likeness (QED) is 0.528. The molecule has 1 fully saturated rings. The first-order chi connectivity index (χ1) is 5.29. The molecule has 0 aromatic rings. The molecule has 0 saturated heterocycles. The molecule has 2 rings (SSSR count). The van der Waals surface area contributed by atoms with Gasteiger partial charge in [-0.05, 0) is 37.0 Å². The van der Waals surface area contributed by atoms with E-state index in [0.717, 1.165) is 11.3 Å². The molecular weight excluding hydrogens is 132 g/mol. The van der Waals surface area contributed by atoms with Crippen LogP contribution in [0.25, 0.3) is 0 Å². The zero-order chi connectivity index (χ0) is 7.90. The average Bonchev–Trinajstić information content (AvgIpc) is 2.40. The van der Waals surface area contributed by atoms with E-state index in [1.54, 1.807) is 5.57 Å². The minimum Gasteiger partial charge on any atom is -0.0847 e. The summed E-state index contributed by atoms with van der Waals surface area (Å²) in [6.45, 7) is 4.70. The standard InChI is InChI=1S/C11H18/c1-3-5-10-6-4-7-11(10)8-9(11)2/h6,9H,3-5,7-8H2,1-2H3. The van der Waals surface area contributed by atoms with Crippen LogP contribution in [0.15, 0.2) is 11.6 Å². The van der Waals surface area contributed by atoms with Crippen LogP contribution in [-0.4, -0.2) is 0 Å². The highest BCUT2D eigenvalue weighted by Crippen LogP contribution is 2.64. The fourth-order valence-electron chi connectivity index (χ4n) is 2.77. The first kappa shape index (κ1) is 7.39. The van der Waals surface area contributed by atoms with Gasteiger partial charge in [0.15, 0.2) is 0 Å². The molecule has 1 spiro atoms. The zero-order valence-corrected chi connectivity index (χ0v) is 7.69. The van der Waals surface area contributed by atoms with Gasteiger partial charge < -0.3 is 0 Å². The maximum absolute atomic E-state index is 2.51. The fourth-order valence-corrected chi connectivity index (χ4v) is 2.77. The van der Waals surface area contributed by atoms with Crippen molar-refractivity contribution in [3.05, 3.63) is 11.6 Å². The Labute approximate surface area is 69.7 Å². The lowest BCUT2D eigenvalue weighted by molar-refractivity contribution is 0.526. The Morgan fingerprint density at radius 1 is 1.64 bits per heavy atom. The molecule has 0 N–H and O–H groups in total. The number of rotatable bonds is 2. The molecule has 62 valence electrons. The molecule has 2 aliphatic rings. The maximum atomic E-state index is 2.51. The monoisotopic (exact) mass is 150 g/mol. The van der Waals surface area contributed by atoms with Crippen molar-refractivity contribution < 1.29 is 0 Å². The highest BCUT2D eigenvalue weighted by atomic mass is 14.6. The average molecular weight is 150 g/mol. The van der Waals surface area contributed by atoms with E-state index in [2.05, 4.69) is 19.9 Å². The first-order valence-corrected chi connectivity index (χ1v) is 4.99. The molecule has 0 nitrogen and oxygen atoms in total. The molecule has 0 aromatic carbocycles. The van der Waals surface area contributed by atoms with Crippen molar-refractivity contribution in [3.63, 3.8) is 0 Å². The largest absolute Gasteiger partial charge is 0.0847 e. The van der Waals surface area contributed by atoms with Crippen LogP contribution in [0.5, 0.6) is 0 Å². The fraction of sp³-hybridized carbons (Fsp3) is 0.818. The van der Waals surface area contributed by atoms with Gasteiger partial charge in [0, 0.05) is 0 Å². The van der Waals surface area contributed by atoms with Crippen LogP contribution >= 0.6 is 0 Å². The Morgan fingerprint density at radius 3 is 2.91 bits per heavy atom. The van der Waals surface area contributed by atoms with E-state index in [4.69, 9.17) is 0 Å². The molecule has 0 aliphatic heterocycles. The van der Waals surface area contributed by atoms with E-state index >= 15 is 0 Å². The van der Waals surface area contributed by atoms with E-state index < -0.39 is 0 Å². The summed E-state index contributed by atoms with van der Waals surface area (Å²) in [6, 6.07) is 0. The highest BCUT2D eigenvalue weighted by Gasteiger charge is 2.53. The summed E-state index contributed by atoms with van der Waals surface area (Å²) in [5.41, 5.74) is 2.53. The van der Waals surface area contributed by atoms with Crippen LogP contribution in [0.1, 0.15) is 46.0 Å². The lowest BCUT2D eigenvalue weighted by atomic mass is 9.92. The first-order valence-electron chi connectivity index (χ1n) is 4.99. The molecule has 0 radical (unpaired) electrons. The van der Waals surface area contributed by atoms with Gasteiger partial charge in [0.25, 0.3) is 0 Å². The second-order valence-electron chi connectivity index (χ2n) is 4.28. The van der Waals surface area contributed by atoms with Gasteiger partial charge in [-0.2, -0.15) is 0 Å². The lowest BCUT2D eigenvalue weighted by Crippen LogP contribution is -2.01. The minimum absolute atomic E-state index is 0.732. The molecule has 0 amide bonds. The molecule has 0 aromatic heterocycles. The summed E-state index contributed by atoms with van der Waals surface area (Å²) in [6.07, 6.45) is 9.51. The molecule has 11 heavy (non-hydrogen) atoms. The summed E-state index contributed by atoms with van der Waals surface area (Å²) >= 11 is 0. The number of hydrogen-bond acceptors (Lipinski definition) is 0. The molecule has 0 heteroatoms. The topological polar surface area (TPSA) is 0 Å². The Kier molecular flexibility index (Phi) is 1.59. The molecular formula is C11H18. The van der Waals surface area contributed by atoms with Gasteiger partial charge in [-0.3, -0.25) is 0 Å². The van der Waals surface area contributed by atoms with Crippen molar-refractivity contribution in [2.75, 3.05) is 0 Å². The second-order valence-corrected chi connectivity index (χ2v) is 4.28. The molecule has 1 saturated carbocycles. The predicted molar refractivity (Wildman–Crippen MR) is 48.4 cm³/mol. The van der Waals surface area contributed by atoms with Crippen LogP contribution < -0.4 is 0 Å². The normalized spacial score (nSPS) is 41.3. The van der Waals surface area contributed by atoms with Gasteiger partial charge in [-0.1, -0.05) is 31.9 Å². The van der Waals surface area contributed by atoms with Crippen LogP contribution in [0.3, 0.4) is 0 Å². The zero-order valence-electron chi connectivity index (χ0n) is 7.69. The number of hydrogen-bond donors (Lipinski definition) is 0. The summed E-state index contributed by atoms with van der Waals surface area (Å²) in [7, 11) is 0. The van der Waals surface area contributed by atoms with E-state index in [1.165, 1.54) is 32.1 Å². The summed E-state index contributed by atoms with van der Waals surface area (Å²) in [4.78, 5) is 0. The van der Waals surface area contributed by atoms with E-state index in [-0.39, 0.29) is 0 Å². The van der Waals surface area contributed by atoms with E-state index in [0.29, 0.717) is 0 Å². The Balaban J connectivity index is 2.08. The van der Waals surface area contributed by atoms with Crippen molar-refractivity contribution >= 4 is 0 Å². The predicted octanol–water partition coefficient (Wildman–Crippen LogP) is 3.53. The van der Waals surface area contributed by atoms with Crippen molar-refractivity contribution in [1.29, 1.82) is 0 Å². The summed E-state index contributed by atoms with van der Waals surface area (Å²) in [5.74, 6) is 1.00. The smallest absolute Gasteiger partial charge is 0.00564 e. The van der Waals surface area contributed by atoms with Crippen LogP contribution in [0, 0.1) is 11.3 Å². The van der Waals surface area contributed by atoms with Gasteiger partial charge in [0.05, 0.1) is 0 Å². The lowest BCUT2D eigenvalue weighted by Gasteiger charge is -2.12. The molecule has 2 aliphatic carbocycles. The molecule has 0 bridgehead atoms. The SMILES string of the molecule is CCCC1=CCCC12CC2C. The molecule has 2 atom stereocenters. The van der Waals surface area contributed by atoms with E-state index in [9.17, 15) is 0 Å². The van der Waals surface area contributed by atoms with Crippen molar-refractivity contribution in [2.24, 2.45) is 11.3 Å². The Morgan fingerprint density at radius 2 is 2.36 bits per heavy atom. The molecule has 0 heterocycles. The van der Waals surface area contributed by atoms with Crippen molar-refractivity contribution in [3.8, 4) is 0 Å². The summed E-state index contributed by atoms with van der Waals surface area (Å²) in [5, 5.41) is 0. The van der Waals surface area contributed by atoms with E-state index in [1.807, 2.05) is 0 Å². The Bertz CT molecular complexity index is 190. The third kappa shape index (κ3) is 0.953. The minimum atomic E-state index is 0.732. The van der Waals surface area contributed by atoms with Crippen LogP contribution in [-0.2, 0) is 0 Å². The number of allylic oxidation sites excluding steroid dienone is 2. The highest BCUT2D eigenvalue weighted by molar-refractivity contribution is 5.29. The van der Waals surface area contributed by atoms with Gasteiger partial charge >= 0.3 is 0 Å². The van der Waals surface area contributed by atoms with Gasteiger partial charge in [-0.15, -0.1) is 0 Å². The van der Waals surface area contributed by atoms with Crippen LogP contribution in [0.2, 0.25) is 0 Å². The third-order valence-electron chi connectivity index (χ3n) is 3.59. The van der Waals surface area contributed by atoms with Crippen molar-refractivity contribution in [2.45, 2.75) is 46.0 Å². The summed E-state index contributed by atoms with van der Waals surface area (Å²) < 4.78 is 0. The molecule has 2 unspecified atom stereocenters. The van der Waals surface area contributed by atoms with Gasteiger partial charge in [0.1, 0.15) is 0 Å². The second kappa shape index (κ2) is 2.36. The Hall–Kier alpha value is -0.260. The van der Waals surface area contributed by atoms with Crippen LogP contribution in [0.4, 0.5) is 0 Å². The third-order valence-corrected chi connectivity index (χ3v) is 3.59. The van der Waals surface area contributed by atoms with Crippen molar-refractivity contribution in [1.82, 2.24) is 0 Å².